The summed E-state index contributed by atoms with van der Waals surface area (Å²) in [5, 5.41) is 2.24. The van der Waals surface area contributed by atoms with E-state index in [0.29, 0.717) is 0 Å². The fourth-order valence-corrected chi connectivity index (χ4v) is 1.53. The van der Waals surface area contributed by atoms with Crippen molar-refractivity contribution in [1.82, 2.24) is 0 Å². The minimum absolute atomic E-state index is 0.0512. The Hall–Kier alpha value is -2.50. The fourth-order valence-electron chi connectivity index (χ4n) is 1.53. The van der Waals surface area contributed by atoms with Crippen LogP contribution in [0.3, 0.4) is 0 Å². The number of benzene rings is 2. The summed E-state index contributed by atoms with van der Waals surface area (Å²) < 4.78 is 39.4. The minimum atomic E-state index is -1.19. The third-order valence-corrected chi connectivity index (χ3v) is 2.43. The number of anilines is 2. The molecule has 0 atom stereocenters. The summed E-state index contributed by atoms with van der Waals surface area (Å²) in [5.74, 6) is -3.87. The van der Waals surface area contributed by atoms with Crippen molar-refractivity contribution in [2.75, 3.05) is 11.1 Å². The first kappa shape index (κ1) is 12.9. The highest BCUT2D eigenvalue weighted by molar-refractivity contribution is 6.04. The van der Waals surface area contributed by atoms with Gasteiger partial charge in [0.25, 0.3) is 5.91 Å². The van der Waals surface area contributed by atoms with E-state index in [4.69, 9.17) is 5.73 Å². The van der Waals surface area contributed by atoms with Crippen LogP contribution >= 0.6 is 0 Å². The molecule has 0 aliphatic carbocycles. The molecular weight excluding hydrogens is 257 g/mol. The monoisotopic (exact) mass is 266 g/mol. The van der Waals surface area contributed by atoms with Crippen molar-refractivity contribution < 1.29 is 18.0 Å². The van der Waals surface area contributed by atoms with Crippen molar-refractivity contribution in [2.24, 2.45) is 0 Å². The number of carbonyl (C=O) groups excluding carboxylic acids is 1. The largest absolute Gasteiger partial charge is 0.396 e. The van der Waals surface area contributed by atoms with E-state index in [0.717, 1.165) is 18.2 Å². The van der Waals surface area contributed by atoms with Crippen LogP contribution in [0.2, 0.25) is 0 Å². The molecule has 0 heterocycles. The number of rotatable bonds is 2. The van der Waals surface area contributed by atoms with Crippen LogP contribution in [-0.4, -0.2) is 5.91 Å². The van der Waals surface area contributed by atoms with Gasteiger partial charge in [0.1, 0.15) is 5.82 Å². The normalized spacial score (nSPS) is 10.3. The molecule has 0 aromatic heterocycles. The lowest BCUT2D eigenvalue weighted by Gasteiger charge is -2.07. The maximum atomic E-state index is 13.3. The number of hydrogen-bond donors (Lipinski definition) is 2. The second-order valence-corrected chi connectivity index (χ2v) is 3.80. The third kappa shape index (κ3) is 2.67. The molecule has 0 bridgehead atoms. The van der Waals surface area contributed by atoms with Gasteiger partial charge in [0.2, 0.25) is 0 Å². The Morgan fingerprint density at radius 3 is 2.37 bits per heavy atom. The average Bonchev–Trinajstić information content (AvgIpc) is 2.36. The molecule has 2 aromatic rings. The summed E-state index contributed by atoms with van der Waals surface area (Å²) >= 11 is 0. The number of carbonyl (C=O) groups is 1. The maximum absolute atomic E-state index is 13.3. The molecule has 3 N–H and O–H groups in total. The molecule has 0 saturated heterocycles. The molecule has 0 unspecified atom stereocenters. The van der Waals surface area contributed by atoms with Crippen molar-refractivity contribution in [3.05, 3.63) is 59.4 Å². The van der Waals surface area contributed by atoms with Crippen LogP contribution in [0.1, 0.15) is 10.4 Å². The number of nitrogens with two attached hydrogens (primary N) is 1. The lowest BCUT2D eigenvalue weighted by Crippen LogP contribution is -2.14. The number of hydrogen-bond acceptors (Lipinski definition) is 2. The zero-order valence-corrected chi connectivity index (χ0v) is 9.58. The zero-order chi connectivity index (χ0) is 14.0. The van der Waals surface area contributed by atoms with Gasteiger partial charge in [-0.1, -0.05) is 12.1 Å². The number of nitrogen functional groups attached to an aromatic ring is 1. The first-order valence-electron chi connectivity index (χ1n) is 5.29. The van der Waals surface area contributed by atoms with Crippen LogP contribution < -0.4 is 11.1 Å². The lowest BCUT2D eigenvalue weighted by atomic mass is 10.2. The van der Waals surface area contributed by atoms with Crippen molar-refractivity contribution in [2.45, 2.75) is 0 Å². The molecule has 0 radical (unpaired) electrons. The van der Waals surface area contributed by atoms with Crippen LogP contribution in [0, 0.1) is 17.5 Å². The van der Waals surface area contributed by atoms with Crippen molar-refractivity contribution >= 4 is 17.3 Å². The number of nitrogens with one attached hydrogen (secondary N) is 1. The van der Waals surface area contributed by atoms with Crippen molar-refractivity contribution in [1.29, 1.82) is 0 Å². The topological polar surface area (TPSA) is 55.1 Å². The minimum Gasteiger partial charge on any atom is -0.396 e. The van der Waals surface area contributed by atoms with Crippen LogP contribution in [0.15, 0.2) is 36.4 Å². The van der Waals surface area contributed by atoms with E-state index in [1.807, 2.05) is 0 Å². The second-order valence-electron chi connectivity index (χ2n) is 3.80. The van der Waals surface area contributed by atoms with Crippen molar-refractivity contribution in [3.63, 3.8) is 0 Å². The molecule has 0 aliphatic rings. The van der Waals surface area contributed by atoms with Gasteiger partial charge in [0.05, 0.1) is 11.3 Å². The van der Waals surface area contributed by atoms with E-state index < -0.39 is 29.0 Å². The Labute approximate surface area is 106 Å². The highest BCUT2D eigenvalue weighted by Gasteiger charge is 2.13. The summed E-state index contributed by atoms with van der Waals surface area (Å²) in [6.45, 7) is 0. The highest BCUT2D eigenvalue weighted by Crippen LogP contribution is 2.21. The van der Waals surface area contributed by atoms with Crippen molar-refractivity contribution in [3.8, 4) is 0 Å². The van der Waals surface area contributed by atoms with Gasteiger partial charge in [-0.05, 0) is 18.2 Å². The van der Waals surface area contributed by atoms with Gasteiger partial charge >= 0.3 is 0 Å². The predicted molar refractivity (Wildman–Crippen MR) is 65.1 cm³/mol. The van der Waals surface area contributed by atoms with Gasteiger partial charge in [0.15, 0.2) is 11.6 Å². The Morgan fingerprint density at radius 2 is 1.74 bits per heavy atom. The predicted octanol–water partition coefficient (Wildman–Crippen LogP) is 2.94. The van der Waals surface area contributed by atoms with Gasteiger partial charge in [0, 0.05) is 11.8 Å². The van der Waals surface area contributed by atoms with Gasteiger partial charge in [-0.15, -0.1) is 0 Å². The summed E-state index contributed by atoms with van der Waals surface area (Å²) in [7, 11) is 0. The molecule has 0 spiro atoms. The quantitative estimate of drug-likeness (QED) is 0.821. The van der Waals surface area contributed by atoms with E-state index in [2.05, 4.69) is 5.32 Å². The van der Waals surface area contributed by atoms with E-state index in [1.54, 1.807) is 0 Å². The highest BCUT2D eigenvalue weighted by atomic mass is 19.2. The molecule has 0 aliphatic heterocycles. The van der Waals surface area contributed by atoms with Crippen LogP contribution in [-0.2, 0) is 0 Å². The smallest absolute Gasteiger partial charge is 0.258 e. The molecule has 98 valence electrons. The SMILES string of the molecule is Nc1cc(NC(=O)c2ccccc2F)cc(F)c1F. The Kier molecular flexibility index (Phi) is 3.41. The van der Waals surface area contributed by atoms with Gasteiger partial charge in [-0.25, -0.2) is 13.2 Å². The van der Waals surface area contributed by atoms with E-state index in [9.17, 15) is 18.0 Å². The Morgan fingerprint density at radius 1 is 1.05 bits per heavy atom. The average molecular weight is 266 g/mol. The van der Waals surface area contributed by atoms with E-state index >= 15 is 0 Å². The van der Waals surface area contributed by atoms with Gasteiger partial charge in [-0.2, -0.15) is 0 Å². The zero-order valence-electron chi connectivity index (χ0n) is 9.58. The summed E-state index contributed by atoms with van der Waals surface area (Å²) in [6.07, 6.45) is 0. The third-order valence-electron chi connectivity index (χ3n) is 2.43. The number of halogens is 3. The lowest BCUT2D eigenvalue weighted by molar-refractivity contribution is 0.102. The molecule has 0 fully saturated rings. The fraction of sp³-hybridized carbons (Fsp3) is 0. The van der Waals surface area contributed by atoms with Gasteiger partial charge in [-0.3, -0.25) is 4.79 Å². The summed E-state index contributed by atoms with van der Waals surface area (Å²) in [4.78, 5) is 11.7. The molecule has 2 rings (SSSR count). The Bertz CT molecular complexity index is 621. The Balaban J connectivity index is 2.27. The molecule has 3 nitrogen and oxygen atoms in total. The van der Waals surface area contributed by atoms with Gasteiger partial charge < -0.3 is 11.1 Å². The second kappa shape index (κ2) is 5.01. The molecule has 6 heteroatoms. The molecule has 1 amide bonds. The number of amides is 1. The molecule has 2 aromatic carbocycles. The maximum Gasteiger partial charge on any atom is 0.258 e. The van der Waals surface area contributed by atoms with Crippen LogP contribution in [0.5, 0.6) is 0 Å². The van der Waals surface area contributed by atoms with E-state index in [1.165, 1.54) is 18.2 Å². The van der Waals surface area contributed by atoms with E-state index in [-0.39, 0.29) is 11.3 Å². The first-order valence-corrected chi connectivity index (χ1v) is 5.29. The standard InChI is InChI=1S/C13H9F3N2O/c14-9-4-2-1-3-8(9)13(19)18-7-5-10(15)12(16)11(17)6-7/h1-6H,17H2,(H,18,19). The molecular formula is C13H9F3N2O. The first-order chi connectivity index (χ1) is 8.99. The summed E-state index contributed by atoms with van der Waals surface area (Å²) in [5.41, 5.74) is 4.53. The van der Waals surface area contributed by atoms with Crippen LogP contribution in [0.4, 0.5) is 24.5 Å². The molecule has 0 saturated carbocycles. The van der Waals surface area contributed by atoms with Crippen LogP contribution in [0.25, 0.3) is 0 Å². The summed E-state index contributed by atoms with van der Waals surface area (Å²) in [6, 6.07) is 7.13. The molecule has 19 heavy (non-hydrogen) atoms.